The van der Waals surface area contributed by atoms with Crippen molar-refractivity contribution >= 4 is 15.9 Å². The molecule has 0 aliphatic heterocycles. The molecule has 0 saturated heterocycles. The molecule has 136 valence electrons. The third-order valence-corrected chi connectivity index (χ3v) is 5.35. The van der Waals surface area contributed by atoms with E-state index in [0.717, 1.165) is 18.5 Å². The Morgan fingerprint density at radius 3 is 2.76 bits per heavy atom. The topological polar surface area (TPSA) is 93.1 Å². The van der Waals surface area contributed by atoms with Crippen molar-refractivity contribution in [2.45, 2.75) is 38.1 Å². The van der Waals surface area contributed by atoms with Gasteiger partial charge in [0, 0.05) is 38.4 Å². The number of carbonyl (C=O) groups is 1. The first-order valence-corrected chi connectivity index (χ1v) is 9.66. The summed E-state index contributed by atoms with van der Waals surface area (Å²) in [5, 5.41) is 2.78. The minimum Gasteiger partial charge on any atom is -0.356 e. The summed E-state index contributed by atoms with van der Waals surface area (Å²) in [5.74, 6) is -0.172. The van der Waals surface area contributed by atoms with E-state index in [4.69, 9.17) is 0 Å². The fraction of sp³-hybridized carbons (Fsp3) is 0.412. The standard InChI is InChI=1S/C17H24N4O3S/c1-14-4-5-15(2)16(12-14)25(23,24)20-8-6-17(22)19-7-3-10-21-11-9-18-13-21/h4-5,9,11-13,20H,3,6-8,10H2,1-2H3,(H,19,22). The van der Waals surface area contributed by atoms with Crippen LogP contribution in [0.1, 0.15) is 24.0 Å². The van der Waals surface area contributed by atoms with Crippen LogP contribution in [-0.2, 0) is 21.4 Å². The van der Waals surface area contributed by atoms with E-state index in [-0.39, 0.29) is 23.8 Å². The van der Waals surface area contributed by atoms with Crippen molar-refractivity contribution in [3.05, 3.63) is 48.0 Å². The minimum atomic E-state index is -3.60. The zero-order valence-electron chi connectivity index (χ0n) is 14.5. The molecule has 1 amide bonds. The molecule has 25 heavy (non-hydrogen) atoms. The highest BCUT2D eigenvalue weighted by atomic mass is 32.2. The molecule has 2 aromatic rings. The number of imidazole rings is 1. The Balaban J connectivity index is 1.71. The number of rotatable bonds is 9. The Labute approximate surface area is 148 Å². The Kier molecular flexibility index (Phi) is 6.72. The molecule has 0 saturated carbocycles. The van der Waals surface area contributed by atoms with Gasteiger partial charge in [0.1, 0.15) is 0 Å². The fourth-order valence-corrected chi connectivity index (χ4v) is 3.73. The molecule has 1 aromatic carbocycles. The van der Waals surface area contributed by atoms with E-state index in [9.17, 15) is 13.2 Å². The van der Waals surface area contributed by atoms with Crippen molar-refractivity contribution in [1.82, 2.24) is 19.6 Å². The molecule has 2 N–H and O–H groups in total. The van der Waals surface area contributed by atoms with Crippen LogP contribution in [-0.4, -0.2) is 37.0 Å². The number of aryl methyl sites for hydroxylation is 3. The Bertz CT molecular complexity index is 801. The predicted octanol–water partition coefficient (Wildman–Crippen LogP) is 1.37. The normalized spacial score (nSPS) is 11.4. The summed E-state index contributed by atoms with van der Waals surface area (Å²) in [6.07, 6.45) is 6.19. The van der Waals surface area contributed by atoms with Gasteiger partial charge in [-0.15, -0.1) is 0 Å². The van der Waals surface area contributed by atoms with E-state index in [2.05, 4.69) is 15.0 Å². The average Bonchev–Trinajstić information content (AvgIpc) is 3.07. The number of nitrogens with one attached hydrogen (secondary N) is 2. The van der Waals surface area contributed by atoms with E-state index in [1.54, 1.807) is 31.6 Å². The van der Waals surface area contributed by atoms with Gasteiger partial charge >= 0.3 is 0 Å². The van der Waals surface area contributed by atoms with Crippen LogP contribution in [0.3, 0.4) is 0 Å². The molecule has 2 rings (SSSR count). The summed E-state index contributed by atoms with van der Waals surface area (Å²) in [4.78, 5) is 16.0. The molecule has 0 bridgehead atoms. The van der Waals surface area contributed by atoms with Crippen LogP contribution in [0, 0.1) is 13.8 Å². The van der Waals surface area contributed by atoms with Gasteiger partial charge in [-0.3, -0.25) is 4.79 Å². The second-order valence-electron chi connectivity index (χ2n) is 5.92. The van der Waals surface area contributed by atoms with Crippen LogP contribution in [0.15, 0.2) is 41.8 Å². The number of carbonyl (C=O) groups excluding carboxylic acids is 1. The Morgan fingerprint density at radius 1 is 1.24 bits per heavy atom. The maximum atomic E-state index is 12.3. The van der Waals surface area contributed by atoms with E-state index >= 15 is 0 Å². The lowest BCUT2D eigenvalue weighted by atomic mass is 10.2. The molecular weight excluding hydrogens is 340 g/mol. The van der Waals surface area contributed by atoms with E-state index < -0.39 is 10.0 Å². The highest BCUT2D eigenvalue weighted by Crippen LogP contribution is 2.16. The van der Waals surface area contributed by atoms with Gasteiger partial charge in [0.25, 0.3) is 0 Å². The molecule has 7 nitrogen and oxygen atoms in total. The van der Waals surface area contributed by atoms with Crippen molar-refractivity contribution < 1.29 is 13.2 Å². The molecule has 0 fully saturated rings. The number of amides is 1. The van der Waals surface area contributed by atoms with Gasteiger partial charge in [-0.2, -0.15) is 0 Å². The van der Waals surface area contributed by atoms with E-state index in [1.165, 1.54) is 0 Å². The first-order valence-electron chi connectivity index (χ1n) is 8.18. The molecule has 1 heterocycles. The molecule has 0 unspecified atom stereocenters. The van der Waals surface area contributed by atoms with Crippen LogP contribution in [0.4, 0.5) is 0 Å². The van der Waals surface area contributed by atoms with Crippen molar-refractivity contribution in [3.63, 3.8) is 0 Å². The highest BCUT2D eigenvalue weighted by Gasteiger charge is 2.16. The van der Waals surface area contributed by atoms with Crippen LogP contribution in [0.2, 0.25) is 0 Å². The summed E-state index contributed by atoms with van der Waals surface area (Å²) in [5.41, 5.74) is 1.56. The molecule has 0 aliphatic carbocycles. The Hall–Kier alpha value is -2.19. The van der Waals surface area contributed by atoms with Gasteiger partial charge in [-0.1, -0.05) is 12.1 Å². The van der Waals surface area contributed by atoms with Gasteiger partial charge in [0.2, 0.25) is 15.9 Å². The lowest BCUT2D eigenvalue weighted by Gasteiger charge is -2.10. The van der Waals surface area contributed by atoms with Crippen molar-refractivity contribution in [2.24, 2.45) is 0 Å². The molecule has 0 atom stereocenters. The number of hydrogen-bond acceptors (Lipinski definition) is 4. The maximum Gasteiger partial charge on any atom is 0.240 e. The number of nitrogens with zero attached hydrogens (tertiary/aromatic N) is 2. The van der Waals surface area contributed by atoms with Gasteiger partial charge in [-0.25, -0.2) is 18.1 Å². The smallest absolute Gasteiger partial charge is 0.240 e. The van der Waals surface area contributed by atoms with E-state index in [1.807, 2.05) is 23.8 Å². The summed E-state index contributed by atoms with van der Waals surface area (Å²) < 4.78 is 29.1. The number of hydrogen-bond donors (Lipinski definition) is 2. The Morgan fingerprint density at radius 2 is 2.04 bits per heavy atom. The van der Waals surface area contributed by atoms with Gasteiger partial charge < -0.3 is 9.88 Å². The molecule has 1 aromatic heterocycles. The molecule has 0 radical (unpaired) electrons. The number of benzene rings is 1. The first-order chi connectivity index (χ1) is 11.9. The SMILES string of the molecule is Cc1ccc(C)c(S(=O)(=O)NCCC(=O)NCCCn2ccnc2)c1. The fourth-order valence-electron chi connectivity index (χ4n) is 2.37. The van der Waals surface area contributed by atoms with Gasteiger partial charge in [-0.05, 0) is 37.5 Å². The highest BCUT2D eigenvalue weighted by molar-refractivity contribution is 7.89. The van der Waals surface area contributed by atoms with Crippen LogP contribution < -0.4 is 10.0 Å². The van der Waals surface area contributed by atoms with E-state index in [0.29, 0.717) is 12.1 Å². The average molecular weight is 364 g/mol. The van der Waals surface area contributed by atoms with Crippen LogP contribution >= 0.6 is 0 Å². The third-order valence-electron chi connectivity index (χ3n) is 3.75. The second kappa shape index (κ2) is 8.77. The second-order valence-corrected chi connectivity index (χ2v) is 7.66. The number of sulfonamides is 1. The van der Waals surface area contributed by atoms with Crippen LogP contribution in [0.5, 0.6) is 0 Å². The molecular formula is C17H24N4O3S. The van der Waals surface area contributed by atoms with Gasteiger partial charge in [0.05, 0.1) is 11.2 Å². The number of aromatic nitrogens is 2. The minimum absolute atomic E-state index is 0.0725. The van der Waals surface area contributed by atoms with Crippen molar-refractivity contribution in [2.75, 3.05) is 13.1 Å². The molecule has 8 heteroatoms. The summed E-state index contributed by atoms with van der Waals surface area (Å²) in [6, 6.07) is 5.27. The van der Waals surface area contributed by atoms with Crippen LogP contribution in [0.25, 0.3) is 0 Å². The quantitative estimate of drug-likeness (QED) is 0.657. The van der Waals surface area contributed by atoms with Crippen molar-refractivity contribution in [3.8, 4) is 0 Å². The zero-order chi connectivity index (χ0) is 18.3. The lowest BCUT2D eigenvalue weighted by Crippen LogP contribution is -2.31. The maximum absolute atomic E-state index is 12.3. The molecule has 0 spiro atoms. The first kappa shape index (κ1) is 19.1. The lowest BCUT2D eigenvalue weighted by molar-refractivity contribution is -0.120. The summed E-state index contributed by atoms with van der Waals surface area (Å²) in [7, 11) is -3.60. The van der Waals surface area contributed by atoms with Crippen molar-refractivity contribution in [1.29, 1.82) is 0 Å². The summed E-state index contributed by atoms with van der Waals surface area (Å²) in [6.45, 7) is 4.99. The predicted molar refractivity (Wildman–Crippen MR) is 95.6 cm³/mol. The third kappa shape index (κ3) is 5.99. The van der Waals surface area contributed by atoms with Gasteiger partial charge in [0.15, 0.2) is 0 Å². The summed E-state index contributed by atoms with van der Waals surface area (Å²) >= 11 is 0. The molecule has 0 aliphatic rings. The zero-order valence-corrected chi connectivity index (χ0v) is 15.3. The largest absolute Gasteiger partial charge is 0.356 e. The monoisotopic (exact) mass is 364 g/mol.